The summed E-state index contributed by atoms with van der Waals surface area (Å²) in [4.78, 5) is 8.55. The molecule has 5 heteroatoms. The quantitative estimate of drug-likeness (QED) is 0.903. The highest BCUT2D eigenvalue weighted by molar-refractivity contribution is 5.67. The van der Waals surface area contributed by atoms with Crippen LogP contribution in [-0.2, 0) is 11.2 Å². The average Bonchev–Trinajstić information content (AvgIpc) is 2.50. The van der Waals surface area contributed by atoms with Crippen LogP contribution in [0.25, 0.3) is 11.3 Å². The lowest BCUT2D eigenvalue weighted by Crippen LogP contribution is -2.18. The van der Waals surface area contributed by atoms with Gasteiger partial charge in [0.05, 0.1) is 5.69 Å². The molecule has 0 radical (unpaired) electrons. The van der Waals surface area contributed by atoms with E-state index in [9.17, 15) is 0 Å². The molecule has 0 aromatic carbocycles. The van der Waals surface area contributed by atoms with Crippen LogP contribution in [-0.4, -0.2) is 23.2 Å². The Morgan fingerprint density at radius 2 is 1.90 bits per heavy atom. The smallest absolute Gasteiger partial charge is 0.124 e. The molecule has 1 saturated heterocycles. The molecular weight excluding hydrogens is 264 g/mol. The van der Waals surface area contributed by atoms with Crippen molar-refractivity contribution in [3.63, 3.8) is 0 Å². The van der Waals surface area contributed by atoms with Gasteiger partial charge >= 0.3 is 0 Å². The van der Waals surface area contributed by atoms with Crippen molar-refractivity contribution in [2.75, 3.05) is 24.7 Å². The number of nitrogens with zero attached hydrogens (tertiary/aromatic N) is 2. The van der Waals surface area contributed by atoms with Gasteiger partial charge in [0.15, 0.2) is 0 Å². The van der Waals surface area contributed by atoms with Crippen molar-refractivity contribution in [3.8, 4) is 11.3 Å². The number of nitrogens with two attached hydrogens (primary N) is 2. The second kappa shape index (κ2) is 6.10. The van der Waals surface area contributed by atoms with Crippen LogP contribution in [0.15, 0.2) is 30.5 Å². The molecule has 2 aromatic heterocycles. The Morgan fingerprint density at radius 3 is 2.67 bits per heavy atom. The molecule has 1 fully saturated rings. The summed E-state index contributed by atoms with van der Waals surface area (Å²) in [5.41, 5.74) is 14.7. The van der Waals surface area contributed by atoms with Crippen molar-refractivity contribution in [1.82, 2.24) is 9.97 Å². The highest BCUT2D eigenvalue weighted by Gasteiger charge is 2.17. The molecule has 0 bridgehead atoms. The predicted octanol–water partition coefficient (Wildman–Crippen LogP) is 2.28. The normalized spacial score (nSPS) is 16.0. The summed E-state index contributed by atoms with van der Waals surface area (Å²) in [7, 11) is 0. The standard InChI is InChI=1S/C16H20N4O/c17-14-2-1-12(9-11-4-7-21-8-5-11)16(20-14)13-3-6-19-15(18)10-13/h1-3,6,10-11H,4-5,7-9H2,(H2,17,20)(H2,18,19). The zero-order valence-electron chi connectivity index (χ0n) is 12.0. The molecule has 2 aromatic rings. The molecule has 110 valence electrons. The van der Waals surface area contributed by atoms with E-state index >= 15 is 0 Å². The van der Waals surface area contributed by atoms with Gasteiger partial charge in [-0.2, -0.15) is 0 Å². The Hall–Kier alpha value is -2.14. The summed E-state index contributed by atoms with van der Waals surface area (Å²) in [5, 5.41) is 0. The number of pyridine rings is 2. The lowest BCUT2D eigenvalue weighted by molar-refractivity contribution is 0.0665. The number of hydrogen-bond donors (Lipinski definition) is 2. The summed E-state index contributed by atoms with van der Waals surface area (Å²) in [5.74, 6) is 1.66. The third-order valence-electron chi connectivity index (χ3n) is 3.90. The third-order valence-corrected chi connectivity index (χ3v) is 3.90. The topological polar surface area (TPSA) is 87.0 Å². The van der Waals surface area contributed by atoms with Gasteiger partial charge in [0.2, 0.25) is 0 Å². The minimum atomic E-state index is 0.494. The Morgan fingerprint density at radius 1 is 1.10 bits per heavy atom. The van der Waals surface area contributed by atoms with E-state index in [-0.39, 0.29) is 0 Å². The van der Waals surface area contributed by atoms with Crippen molar-refractivity contribution in [1.29, 1.82) is 0 Å². The molecule has 0 unspecified atom stereocenters. The molecular formula is C16H20N4O. The van der Waals surface area contributed by atoms with Gasteiger partial charge in [-0.1, -0.05) is 6.07 Å². The highest BCUT2D eigenvalue weighted by atomic mass is 16.5. The fourth-order valence-corrected chi connectivity index (χ4v) is 2.77. The first kappa shape index (κ1) is 13.8. The lowest BCUT2D eigenvalue weighted by Gasteiger charge is -2.23. The first-order valence-electron chi connectivity index (χ1n) is 7.27. The molecule has 0 spiro atoms. The SMILES string of the molecule is Nc1cc(-c2nc(N)ccc2CC2CCOCC2)ccn1. The molecule has 5 nitrogen and oxygen atoms in total. The number of anilines is 2. The van der Waals surface area contributed by atoms with Gasteiger partial charge in [-0.15, -0.1) is 0 Å². The van der Waals surface area contributed by atoms with E-state index in [4.69, 9.17) is 16.2 Å². The van der Waals surface area contributed by atoms with Crippen LogP contribution in [0.5, 0.6) is 0 Å². The summed E-state index contributed by atoms with van der Waals surface area (Å²) in [6, 6.07) is 7.70. The molecule has 1 aliphatic heterocycles. The minimum Gasteiger partial charge on any atom is -0.384 e. The van der Waals surface area contributed by atoms with Crippen LogP contribution < -0.4 is 11.5 Å². The third kappa shape index (κ3) is 3.31. The predicted molar refractivity (Wildman–Crippen MR) is 83.5 cm³/mol. The molecule has 0 atom stereocenters. The number of hydrogen-bond acceptors (Lipinski definition) is 5. The van der Waals surface area contributed by atoms with Crippen molar-refractivity contribution >= 4 is 11.6 Å². The maximum atomic E-state index is 5.86. The summed E-state index contributed by atoms with van der Waals surface area (Å²) in [6.07, 6.45) is 4.90. The summed E-state index contributed by atoms with van der Waals surface area (Å²) >= 11 is 0. The second-order valence-electron chi connectivity index (χ2n) is 5.47. The monoisotopic (exact) mass is 284 g/mol. The fourth-order valence-electron chi connectivity index (χ4n) is 2.77. The van der Waals surface area contributed by atoms with Crippen LogP contribution in [0.1, 0.15) is 18.4 Å². The molecule has 0 amide bonds. The largest absolute Gasteiger partial charge is 0.384 e. The van der Waals surface area contributed by atoms with Crippen LogP contribution >= 0.6 is 0 Å². The van der Waals surface area contributed by atoms with Gasteiger partial charge in [0.25, 0.3) is 0 Å². The Kier molecular flexibility index (Phi) is 4.01. The van der Waals surface area contributed by atoms with Gasteiger partial charge in [0.1, 0.15) is 11.6 Å². The fraction of sp³-hybridized carbons (Fsp3) is 0.375. The maximum Gasteiger partial charge on any atom is 0.124 e. The van der Waals surface area contributed by atoms with Gasteiger partial charge in [-0.25, -0.2) is 9.97 Å². The van der Waals surface area contributed by atoms with E-state index in [1.54, 1.807) is 6.20 Å². The van der Waals surface area contributed by atoms with E-state index in [0.717, 1.165) is 43.7 Å². The molecule has 1 aliphatic rings. The zero-order chi connectivity index (χ0) is 14.7. The highest BCUT2D eigenvalue weighted by Crippen LogP contribution is 2.28. The first-order chi connectivity index (χ1) is 10.2. The Labute approximate surface area is 124 Å². The van der Waals surface area contributed by atoms with Gasteiger partial charge in [-0.3, -0.25) is 0 Å². The van der Waals surface area contributed by atoms with Crippen molar-refractivity contribution in [2.24, 2.45) is 5.92 Å². The molecule has 3 heterocycles. The summed E-state index contributed by atoms with van der Waals surface area (Å²) < 4.78 is 5.43. The van der Waals surface area contributed by atoms with E-state index in [0.29, 0.717) is 17.6 Å². The first-order valence-corrected chi connectivity index (χ1v) is 7.27. The lowest BCUT2D eigenvalue weighted by atomic mass is 9.90. The van der Waals surface area contributed by atoms with E-state index in [1.807, 2.05) is 18.2 Å². The van der Waals surface area contributed by atoms with Crippen LogP contribution in [0.3, 0.4) is 0 Å². The molecule has 21 heavy (non-hydrogen) atoms. The Bertz CT molecular complexity index is 623. The maximum absolute atomic E-state index is 5.86. The van der Waals surface area contributed by atoms with Crippen molar-refractivity contribution in [2.45, 2.75) is 19.3 Å². The van der Waals surface area contributed by atoms with E-state index < -0.39 is 0 Å². The van der Waals surface area contributed by atoms with Crippen LogP contribution in [0.4, 0.5) is 11.6 Å². The average molecular weight is 284 g/mol. The number of ether oxygens (including phenoxy) is 1. The van der Waals surface area contributed by atoms with E-state index in [2.05, 4.69) is 16.0 Å². The molecule has 0 aliphatic carbocycles. The van der Waals surface area contributed by atoms with Crippen LogP contribution in [0, 0.1) is 5.92 Å². The van der Waals surface area contributed by atoms with Gasteiger partial charge in [0, 0.05) is 25.0 Å². The van der Waals surface area contributed by atoms with Crippen molar-refractivity contribution in [3.05, 3.63) is 36.0 Å². The number of rotatable bonds is 3. The van der Waals surface area contributed by atoms with Gasteiger partial charge < -0.3 is 16.2 Å². The van der Waals surface area contributed by atoms with Gasteiger partial charge in [-0.05, 0) is 48.9 Å². The summed E-state index contributed by atoms with van der Waals surface area (Å²) in [6.45, 7) is 1.70. The molecule has 0 saturated carbocycles. The Balaban J connectivity index is 1.92. The van der Waals surface area contributed by atoms with Crippen molar-refractivity contribution < 1.29 is 4.74 Å². The minimum absolute atomic E-state index is 0.494. The zero-order valence-corrected chi connectivity index (χ0v) is 12.0. The molecule has 3 rings (SSSR count). The van der Waals surface area contributed by atoms with Crippen LogP contribution in [0.2, 0.25) is 0 Å². The number of nitrogen functional groups attached to an aromatic ring is 2. The van der Waals surface area contributed by atoms with E-state index in [1.165, 1.54) is 5.56 Å². The number of aromatic nitrogens is 2. The molecule has 4 N–H and O–H groups in total. The second-order valence-corrected chi connectivity index (χ2v) is 5.47.